The average Bonchev–Trinajstić information content (AvgIpc) is 3.03. The van der Waals surface area contributed by atoms with Crippen molar-refractivity contribution >= 4 is 23.4 Å². The Morgan fingerprint density at radius 3 is 2.46 bits per heavy atom. The summed E-state index contributed by atoms with van der Waals surface area (Å²) in [6.07, 6.45) is 1.67. The zero-order valence-electron chi connectivity index (χ0n) is 15.4. The Balaban J connectivity index is 1.68. The molecule has 2 aromatic carbocycles. The number of anilines is 1. The number of rotatable bonds is 5. The molecule has 0 saturated carbocycles. The lowest BCUT2D eigenvalue weighted by atomic mass is 10.1. The van der Waals surface area contributed by atoms with Gasteiger partial charge in [0.25, 0.3) is 0 Å². The fourth-order valence-corrected chi connectivity index (χ4v) is 3.48. The number of aromatic nitrogens is 3. The van der Waals surface area contributed by atoms with Gasteiger partial charge in [0.05, 0.1) is 5.75 Å². The van der Waals surface area contributed by atoms with Crippen LogP contribution in [-0.2, 0) is 4.79 Å². The molecule has 0 aliphatic heterocycles. The molecule has 1 aromatic heterocycles. The fraction of sp³-hybridized carbons (Fsp3) is 0.250. The van der Waals surface area contributed by atoms with E-state index in [9.17, 15) is 4.79 Å². The third-order valence-corrected chi connectivity index (χ3v) is 5.07. The van der Waals surface area contributed by atoms with Crippen LogP contribution in [0.4, 0.5) is 5.69 Å². The summed E-state index contributed by atoms with van der Waals surface area (Å²) < 4.78 is 1.90. The van der Waals surface area contributed by atoms with E-state index in [1.165, 1.54) is 22.9 Å². The van der Waals surface area contributed by atoms with Gasteiger partial charge >= 0.3 is 0 Å². The van der Waals surface area contributed by atoms with E-state index in [1.807, 2.05) is 36.6 Å². The first-order valence-corrected chi connectivity index (χ1v) is 9.39. The zero-order chi connectivity index (χ0) is 18.7. The predicted octanol–water partition coefficient (Wildman–Crippen LogP) is 4.23. The van der Waals surface area contributed by atoms with Crippen molar-refractivity contribution in [3.8, 4) is 5.69 Å². The van der Waals surface area contributed by atoms with Crippen LogP contribution >= 0.6 is 11.8 Å². The van der Waals surface area contributed by atoms with Crippen LogP contribution in [0.3, 0.4) is 0 Å². The number of carbonyl (C=O) groups is 1. The van der Waals surface area contributed by atoms with Crippen LogP contribution in [0.15, 0.2) is 47.9 Å². The molecule has 0 unspecified atom stereocenters. The van der Waals surface area contributed by atoms with Gasteiger partial charge in [-0.15, -0.1) is 10.2 Å². The molecule has 3 rings (SSSR count). The maximum Gasteiger partial charge on any atom is 0.234 e. The number of nitrogens with one attached hydrogen (secondary N) is 1. The molecule has 0 aliphatic rings. The van der Waals surface area contributed by atoms with Crippen LogP contribution < -0.4 is 5.32 Å². The van der Waals surface area contributed by atoms with Gasteiger partial charge in [0, 0.05) is 11.4 Å². The monoisotopic (exact) mass is 366 g/mol. The fourth-order valence-electron chi connectivity index (χ4n) is 2.75. The summed E-state index contributed by atoms with van der Waals surface area (Å²) in [5.74, 6) is 0.214. The first-order chi connectivity index (χ1) is 12.4. The van der Waals surface area contributed by atoms with Gasteiger partial charge in [0.15, 0.2) is 5.16 Å². The normalized spacial score (nSPS) is 10.8. The second-order valence-corrected chi connectivity index (χ2v) is 7.41. The van der Waals surface area contributed by atoms with Crippen molar-refractivity contribution in [2.75, 3.05) is 11.1 Å². The van der Waals surface area contributed by atoms with Crippen LogP contribution in [-0.4, -0.2) is 26.4 Å². The van der Waals surface area contributed by atoms with Gasteiger partial charge in [-0.05, 0) is 74.2 Å². The van der Waals surface area contributed by atoms with Gasteiger partial charge < -0.3 is 5.32 Å². The standard InChI is InChI=1S/C20H22N4OS/c1-13-7-14(2)9-17(8-13)22-19(25)11-26-20-23-21-12-24(20)18-6-5-15(3)16(4)10-18/h5-10,12H,11H2,1-4H3,(H,22,25). The number of carbonyl (C=O) groups excluding carboxylic acids is 1. The number of nitrogens with zero attached hydrogens (tertiary/aromatic N) is 3. The van der Waals surface area contributed by atoms with E-state index in [1.54, 1.807) is 6.33 Å². The summed E-state index contributed by atoms with van der Waals surface area (Å²) in [5, 5.41) is 11.8. The molecule has 0 fully saturated rings. The van der Waals surface area contributed by atoms with Crippen molar-refractivity contribution in [2.45, 2.75) is 32.9 Å². The van der Waals surface area contributed by atoms with Gasteiger partial charge in [0.2, 0.25) is 5.91 Å². The first-order valence-electron chi connectivity index (χ1n) is 8.41. The highest BCUT2D eigenvalue weighted by atomic mass is 32.2. The molecule has 6 heteroatoms. The van der Waals surface area contributed by atoms with Crippen molar-refractivity contribution in [3.63, 3.8) is 0 Å². The van der Waals surface area contributed by atoms with Gasteiger partial charge in [0.1, 0.15) is 6.33 Å². The van der Waals surface area contributed by atoms with Gasteiger partial charge in [-0.3, -0.25) is 9.36 Å². The van der Waals surface area contributed by atoms with E-state index in [-0.39, 0.29) is 11.7 Å². The number of amides is 1. The highest BCUT2D eigenvalue weighted by Crippen LogP contribution is 2.22. The van der Waals surface area contributed by atoms with Crippen LogP contribution in [0.1, 0.15) is 22.3 Å². The van der Waals surface area contributed by atoms with E-state index < -0.39 is 0 Å². The minimum Gasteiger partial charge on any atom is -0.325 e. The molecule has 1 N–H and O–H groups in total. The van der Waals surface area contributed by atoms with E-state index in [0.29, 0.717) is 5.16 Å². The largest absolute Gasteiger partial charge is 0.325 e. The zero-order valence-corrected chi connectivity index (χ0v) is 16.2. The lowest BCUT2D eigenvalue weighted by molar-refractivity contribution is -0.113. The van der Waals surface area contributed by atoms with Crippen LogP contribution in [0.25, 0.3) is 5.69 Å². The molecule has 0 aliphatic carbocycles. The molecular weight excluding hydrogens is 344 g/mol. The average molecular weight is 366 g/mol. The Hall–Kier alpha value is -2.60. The summed E-state index contributed by atoms with van der Waals surface area (Å²) in [7, 11) is 0. The number of benzene rings is 2. The summed E-state index contributed by atoms with van der Waals surface area (Å²) in [6.45, 7) is 8.19. The Kier molecular flexibility index (Phi) is 5.42. The summed E-state index contributed by atoms with van der Waals surface area (Å²) in [4.78, 5) is 12.3. The quantitative estimate of drug-likeness (QED) is 0.687. The summed E-state index contributed by atoms with van der Waals surface area (Å²) >= 11 is 1.37. The lowest BCUT2D eigenvalue weighted by Crippen LogP contribution is -2.14. The summed E-state index contributed by atoms with van der Waals surface area (Å²) in [6, 6.07) is 12.2. The van der Waals surface area contributed by atoms with Crippen molar-refractivity contribution in [1.29, 1.82) is 0 Å². The van der Waals surface area contributed by atoms with E-state index in [2.05, 4.69) is 47.6 Å². The van der Waals surface area contributed by atoms with Crippen molar-refractivity contribution in [3.05, 3.63) is 65.0 Å². The Morgan fingerprint density at radius 2 is 1.77 bits per heavy atom. The minimum absolute atomic E-state index is 0.0605. The first kappa shape index (κ1) is 18.2. The second-order valence-electron chi connectivity index (χ2n) is 6.47. The van der Waals surface area contributed by atoms with Crippen molar-refractivity contribution in [1.82, 2.24) is 14.8 Å². The number of hydrogen-bond donors (Lipinski definition) is 1. The lowest BCUT2D eigenvalue weighted by Gasteiger charge is -2.09. The maximum atomic E-state index is 12.3. The van der Waals surface area contributed by atoms with Crippen LogP contribution in [0, 0.1) is 27.7 Å². The van der Waals surface area contributed by atoms with E-state index in [0.717, 1.165) is 22.5 Å². The van der Waals surface area contributed by atoms with Crippen LogP contribution in [0.5, 0.6) is 0 Å². The van der Waals surface area contributed by atoms with Gasteiger partial charge in [-0.2, -0.15) is 0 Å². The molecule has 134 valence electrons. The number of aryl methyl sites for hydroxylation is 4. The summed E-state index contributed by atoms with van der Waals surface area (Å²) in [5.41, 5.74) is 6.52. The molecule has 0 atom stereocenters. The molecule has 26 heavy (non-hydrogen) atoms. The molecule has 0 spiro atoms. The highest BCUT2D eigenvalue weighted by Gasteiger charge is 2.11. The number of hydrogen-bond acceptors (Lipinski definition) is 4. The molecule has 0 bridgehead atoms. The van der Waals surface area contributed by atoms with Gasteiger partial charge in [-0.25, -0.2) is 0 Å². The van der Waals surface area contributed by atoms with Gasteiger partial charge in [-0.1, -0.05) is 23.9 Å². The number of thioether (sulfide) groups is 1. The van der Waals surface area contributed by atoms with Crippen molar-refractivity contribution in [2.24, 2.45) is 0 Å². The smallest absolute Gasteiger partial charge is 0.234 e. The van der Waals surface area contributed by atoms with E-state index in [4.69, 9.17) is 0 Å². The molecular formula is C20H22N4OS. The van der Waals surface area contributed by atoms with Crippen LogP contribution in [0.2, 0.25) is 0 Å². The maximum absolute atomic E-state index is 12.3. The molecule has 0 radical (unpaired) electrons. The third kappa shape index (κ3) is 4.32. The molecule has 5 nitrogen and oxygen atoms in total. The minimum atomic E-state index is -0.0605. The Morgan fingerprint density at radius 1 is 1.04 bits per heavy atom. The molecule has 3 aromatic rings. The third-order valence-electron chi connectivity index (χ3n) is 4.12. The topological polar surface area (TPSA) is 59.8 Å². The Bertz CT molecular complexity index is 928. The van der Waals surface area contributed by atoms with E-state index >= 15 is 0 Å². The SMILES string of the molecule is Cc1cc(C)cc(NC(=O)CSc2nncn2-c2ccc(C)c(C)c2)c1. The Labute approximate surface area is 157 Å². The predicted molar refractivity (Wildman–Crippen MR) is 106 cm³/mol. The highest BCUT2D eigenvalue weighted by molar-refractivity contribution is 7.99. The molecule has 0 saturated heterocycles. The molecule has 1 heterocycles. The second kappa shape index (κ2) is 7.74. The van der Waals surface area contributed by atoms with Crippen molar-refractivity contribution < 1.29 is 4.79 Å². The molecule has 1 amide bonds.